The van der Waals surface area contributed by atoms with Crippen molar-refractivity contribution in [1.82, 2.24) is 0 Å². The van der Waals surface area contributed by atoms with E-state index in [-0.39, 0.29) is 6.92 Å². The van der Waals surface area contributed by atoms with Gasteiger partial charge in [-0.1, -0.05) is 465 Å². The molecule has 0 saturated carbocycles. The minimum atomic E-state index is -5.69. The van der Waals surface area contributed by atoms with Gasteiger partial charge in [0, 0.05) is 0 Å². The maximum absolute atomic E-state index is 11.4. The van der Waals surface area contributed by atoms with Crippen LogP contribution in [0.3, 0.4) is 0 Å². The summed E-state index contributed by atoms with van der Waals surface area (Å²) in [5.41, 5.74) is 5.56. The lowest BCUT2D eigenvalue weighted by Crippen LogP contribution is -2.54. The van der Waals surface area contributed by atoms with Crippen LogP contribution in [0.2, 0.25) is 0 Å². The molecule has 15 aromatic carbocycles. The summed E-state index contributed by atoms with van der Waals surface area (Å²) in [6, 6.07) is 112. The fourth-order valence-corrected chi connectivity index (χ4v) is 13.5. The van der Waals surface area contributed by atoms with Gasteiger partial charge in [-0.3, -0.25) is 0 Å². The number of benzene rings is 15. The van der Waals surface area contributed by atoms with E-state index in [1.807, 2.05) is 83.1 Å². The predicted molar refractivity (Wildman–Crippen MR) is 547 cm³/mol. The van der Waals surface area contributed by atoms with Gasteiger partial charge in [-0.25, -0.2) is 0 Å². The maximum atomic E-state index is 11.4. The average molecular weight is 1700 g/mol. The van der Waals surface area contributed by atoms with E-state index >= 15 is 0 Å². The molecule has 0 saturated heterocycles. The Morgan fingerprint density at radius 3 is 0.824 bits per heavy atom. The Bertz CT molecular complexity index is 5280. The fourth-order valence-electron chi connectivity index (χ4n) is 13.5. The summed E-state index contributed by atoms with van der Waals surface area (Å²) in [5, 5.41) is 29.5. The van der Waals surface area contributed by atoms with Crippen molar-refractivity contribution in [1.29, 1.82) is 0 Å². The normalized spacial score (nSPS) is 12.2. The van der Waals surface area contributed by atoms with Crippen molar-refractivity contribution < 1.29 is 31.4 Å². The lowest BCUT2D eigenvalue weighted by molar-refractivity contribution is -0.360. The largest absolute Gasteiger partial charge is 0.425 e. The van der Waals surface area contributed by atoms with Crippen LogP contribution < -0.4 is 0 Å². The van der Waals surface area contributed by atoms with Gasteiger partial charge in [-0.2, -0.15) is 26.3 Å². The van der Waals surface area contributed by atoms with E-state index in [2.05, 4.69) is 406 Å². The van der Waals surface area contributed by atoms with Gasteiger partial charge < -0.3 is 5.11 Å². The molecule has 15 rings (SSSR count). The van der Waals surface area contributed by atoms with Gasteiger partial charge in [0.05, 0.1) is 0 Å². The summed E-state index contributed by atoms with van der Waals surface area (Å²) in [7, 11) is 0. The molecule has 125 heavy (non-hydrogen) atoms. The number of rotatable bonds is 14. The Morgan fingerprint density at radius 2 is 0.440 bits per heavy atom. The third-order valence-electron chi connectivity index (χ3n) is 22.8. The summed E-state index contributed by atoms with van der Waals surface area (Å²) in [6.45, 7) is 55.3. The first-order chi connectivity index (χ1) is 60.2. The van der Waals surface area contributed by atoms with Crippen LogP contribution >= 0.6 is 0 Å². The summed E-state index contributed by atoms with van der Waals surface area (Å²) in [6.07, 6.45) is -2.95. The maximum Gasteiger partial charge on any atom is 0.425 e. The molecule has 0 heterocycles. The number of hydrogen-bond donors (Lipinski definition) is 1. The Hall–Kier alpha value is -10.1. The van der Waals surface area contributed by atoms with Gasteiger partial charge in [0.25, 0.3) is 5.60 Å². The van der Waals surface area contributed by atoms with Crippen molar-refractivity contribution >= 4 is 86.2 Å². The number of halogens is 6. The second kappa shape index (κ2) is 59.8. The monoisotopic (exact) mass is 1700 g/mol. The van der Waals surface area contributed by atoms with Crippen LogP contribution in [0.1, 0.15) is 312 Å². The highest BCUT2D eigenvalue weighted by Crippen LogP contribution is 2.43. The van der Waals surface area contributed by atoms with Gasteiger partial charge >= 0.3 is 12.4 Å². The fraction of sp³-hybridized carbons (Fsp3) is 0.373. The molecule has 0 aliphatic rings. The molecular formula is C118H154F6O. The summed E-state index contributed by atoms with van der Waals surface area (Å²) >= 11 is 0. The Morgan fingerprint density at radius 1 is 0.200 bits per heavy atom. The topological polar surface area (TPSA) is 20.2 Å². The van der Waals surface area contributed by atoms with Crippen LogP contribution in [0.5, 0.6) is 0 Å². The van der Waals surface area contributed by atoms with Gasteiger partial charge in [-0.15, -0.1) is 0 Å². The minimum absolute atomic E-state index is 0.340. The molecule has 0 amide bonds. The molecule has 0 aliphatic carbocycles. The van der Waals surface area contributed by atoms with Gasteiger partial charge in [0.15, 0.2) is 0 Å². The number of aliphatic hydroxyl groups is 1. The molecule has 0 radical (unpaired) electrons. The van der Waals surface area contributed by atoms with Crippen molar-refractivity contribution in [2.24, 2.45) is 0 Å². The molecule has 0 fully saturated rings. The molecule has 0 aromatic heterocycles. The molecule has 7 atom stereocenters. The molecule has 15 aromatic rings. The van der Waals surface area contributed by atoms with Crippen LogP contribution in [-0.4, -0.2) is 23.1 Å². The van der Waals surface area contributed by atoms with Crippen molar-refractivity contribution in [2.75, 3.05) is 0 Å². The highest BCUT2D eigenvalue weighted by Gasteiger charge is 2.67. The number of alkyl halides is 6. The first kappa shape index (κ1) is 111. The van der Waals surface area contributed by atoms with Crippen LogP contribution in [0.25, 0.3) is 86.2 Å². The van der Waals surface area contributed by atoms with Crippen molar-refractivity contribution in [3.05, 3.63) is 348 Å². The van der Waals surface area contributed by atoms with Gasteiger partial charge in [0.2, 0.25) is 0 Å². The Labute approximate surface area is 752 Å². The summed E-state index contributed by atoms with van der Waals surface area (Å²) < 4.78 is 68.2. The Kier molecular flexibility index (Phi) is 53.1. The van der Waals surface area contributed by atoms with E-state index in [0.717, 1.165) is 0 Å². The quantitative estimate of drug-likeness (QED) is 0.0654. The molecule has 674 valence electrons. The van der Waals surface area contributed by atoms with Crippen LogP contribution in [-0.2, 0) is 0 Å². The first-order valence-corrected chi connectivity index (χ1v) is 46.9. The molecule has 7 heteroatoms. The highest BCUT2D eigenvalue weighted by molar-refractivity contribution is 6.08. The molecule has 1 nitrogen and oxygen atoms in total. The zero-order valence-corrected chi connectivity index (χ0v) is 81.2. The zero-order valence-electron chi connectivity index (χ0n) is 81.2. The van der Waals surface area contributed by atoms with Gasteiger partial charge in [-0.05, 0) is 243 Å². The highest BCUT2D eigenvalue weighted by atomic mass is 19.4. The van der Waals surface area contributed by atoms with Crippen molar-refractivity contribution in [3.63, 3.8) is 0 Å². The van der Waals surface area contributed by atoms with Crippen molar-refractivity contribution in [2.45, 2.75) is 291 Å². The molecule has 0 aliphatic heterocycles. The SMILES string of the molecule is CC.CC.CC.CC.CC.CC.CC(O)(C(F)(F)F)C(F)(F)F.CCC(C)c1ccc2cc3ccccc3cc2c1.CCC(C)c1ccc2ccc3ccccc3c2c1.CCC(C)c1ccc2ccccc2c1.CCC(C)c1cccc2cc3ccccc3cc12.CCC(C)c1cccc2ccccc12.CCC(C)c1ccccc1.CCC(C)c1ccccc1. The van der Waals surface area contributed by atoms with E-state index in [0.29, 0.717) is 41.4 Å². The Balaban J connectivity index is 0.000000479. The van der Waals surface area contributed by atoms with Crippen LogP contribution in [0.15, 0.2) is 309 Å². The van der Waals surface area contributed by atoms with E-state index < -0.39 is 18.0 Å². The molecule has 0 bridgehead atoms. The molecular weight excluding hydrogens is 1550 g/mol. The first-order valence-electron chi connectivity index (χ1n) is 46.9. The molecule has 7 unspecified atom stereocenters. The standard InChI is InChI=1S/3C18H18.2C14H16.2C10H14.C4H4F6O.6C2H6/c1-3-13(2)17-10-6-9-16-11-14-7-4-5-8-15(14)12-18(16)17;1-3-13(2)14-8-9-17-11-15-6-4-5-7-16(15)12-18(17)10-14;1-3-13(2)16-11-10-15-9-8-14-6-4-5-7-17(14)18(15)12-16;1-3-11(2)13-10-6-8-12-7-4-5-9-14(12)13;1-3-11(2)13-9-8-12-6-4-5-7-14(12)10-13;2*1-3-9(2)10-7-5-4-6-8-10;1-2(11,3(5,6)7)4(8,9)10;6*1-2/h3*4-13H,3H2,1-2H3;2*4-11H,3H2,1-2H3;2*4-9H,3H2,1-2H3;11H,1H3;6*1-2H3. The minimum Gasteiger partial charge on any atom is -0.374 e. The van der Waals surface area contributed by atoms with E-state index in [4.69, 9.17) is 5.11 Å². The van der Waals surface area contributed by atoms with E-state index in [1.54, 1.807) is 0 Å². The zero-order chi connectivity index (χ0) is 93.8. The second-order valence-corrected chi connectivity index (χ2v) is 30.6. The van der Waals surface area contributed by atoms with Crippen LogP contribution in [0, 0.1) is 0 Å². The van der Waals surface area contributed by atoms with Crippen LogP contribution in [0.4, 0.5) is 26.3 Å². The smallest absolute Gasteiger partial charge is 0.374 e. The molecule has 0 spiro atoms. The third kappa shape index (κ3) is 34.0. The van der Waals surface area contributed by atoms with Gasteiger partial charge in [0.1, 0.15) is 0 Å². The molecule has 1 N–H and O–H groups in total. The van der Waals surface area contributed by atoms with E-state index in [1.165, 1.54) is 170 Å². The summed E-state index contributed by atoms with van der Waals surface area (Å²) in [5.74, 6) is 4.63. The van der Waals surface area contributed by atoms with E-state index in [9.17, 15) is 26.3 Å². The second-order valence-electron chi connectivity index (χ2n) is 30.6. The average Bonchev–Trinajstić information content (AvgIpc) is 0.789. The summed E-state index contributed by atoms with van der Waals surface area (Å²) in [4.78, 5) is 0. The van der Waals surface area contributed by atoms with Crippen molar-refractivity contribution in [3.8, 4) is 0 Å². The third-order valence-corrected chi connectivity index (χ3v) is 22.8. The number of fused-ring (bicyclic) bond motifs is 9. The predicted octanol–water partition coefficient (Wildman–Crippen LogP) is 39.6. The lowest BCUT2D eigenvalue weighted by atomic mass is 9.91. The lowest BCUT2D eigenvalue weighted by Gasteiger charge is -2.28. The number of hydrogen-bond acceptors (Lipinski definition) is 1.